The molecule has 0 aromatic carbocycles. The second-order valence-corrected chi connectivity index (χ2v) is 6.37. The Hall–Kier alpha value is -0.660. The van der Waals surface area contributed by atoms with Gasteiger partial charge in [-0.3, -0.25) is 4.79 Å². The van der Waals surface area contributed by atoms with E-state index >= 15 is 0 Å². The Morgan fingerprint density at radius 1 is 1.56 bits per heavy atom. The molecule has 0 aromatic heterocycles. The van der Waals surface area contributed by atoms with Crippen LogP contribution >= 0.6 is 0 Å². The highest BCUT2D eigenvalue weighted by Gasteiger charge is 2.28. The Labute approximate surface area is 95.5 Å². The maximum atomic E-state index is 11.3. The lowest BCUT2D eigenvalue weighted by atomic mass is 9.83. The number of hydrogen-bond acceptors (Lipinski definition) is 4. The van der Waals surface area contributed by atoms with Crippen molar-refractivity contribution >= 4 is 16.0 Å². The Balaban J connectivity index is 2.46. The summed E-state index contributed by atoms with van der Waals surface area (Å²) in [7, 11) is -3.70. The van der Waals surface area contributed by atoms with E-state index in [1.165, 1.54) is 0 Å². The van der Waals surface area contributed by atoms with Crippen molar-refractivity contribution in [2.24, 2.45) is 5.41 Å². The lowest BCUT2D eigenvalue weighted by molar-refractivity contribution is -0.134. The van der Waals surface area contributed by atoms with Crippen molar-refractivity contribution in [3.8, 4) is 0 Å². The largest absolute Gasteiger partial charge is 0.480 e. The quantitative estimate of drug-likeness (QED) is 0.604. The smallest absolute Gasteiger partial charge is 0.320 e. The first-order valence-electron chi connectivity index (χ1n) is 5.23. The van der Waals surface area contributed by atoms with Crippen LogP contribution in [0.3, 0.4) is 0 Å². The molecule has 1 atom stereocenters. The van der Waals surface area contributed by atoms with Crippen molar-refractivity contribution in [3.63, 3.8) is 0 Å². The Morgan fingerprint density at radius 3 is 2.75 bits per heavy atom. The third-order valence-corrected chi connectivity index (χ3v) is 3.93. The molecule has 1 unspecified atom stereocenters. The second-order valence-electron chi connectivity index (χ2n) is 4.56. The lowest BCUT2D eigenvalue weighted by Crippen LogP contribution is -2.46. The van der Waals surface area contributed by atoms with Crippen LogP contribution in [0.1, 0.15) is 19.8 Å². The first-order valence-corrected chi connectivity index (χ1v) is 6.88. The summed E-state index contributed by atoms with van der Waals surface area (Å²) in [5, 5.41) is 11.6. The molecular weight excluding hydrogens is 232 g/mol. The normalized spacial score (nSPS) is 26.6. The number of rotatable bonds is 5. The Kier molecular flexibility index (Phi) is 4.28. The van der Waals surface area contributed by atoms with Crippen LogP contribution in [-0.4, -0.2) is 44.9 Å². The molecule has 0 bridgehead atoms. The summed E-state index contributed by atoms with van der Waals surface area (Å²) in [5.41, 5.74) is -0.121. The van der Waals surface area contributed by atoms with E-state index in [-0.39, 0.29) is 12.0 Å². The molecule has 0 amide bonds. The zero-order valence-electron chi connectivity index (χ0n) is 9.32. The molecule has 0 radical (unpaired) electrons. The van der Waals surface area contributed by atoms with Gasteiger partial charge >= 0.3 is 5.97 Å². The summed E-state index contributed by atoms with van der Waals surface area (Å²) in [6.45, 7) is 3.98. The highest BCUT2D eigenvalue weighted by atomic mass is 32.2. The van der Waals surface area contributed by atoms with Crippen LogP contribution in [-0.2, 0) is 14.8 Å². The molecule has 1 saturated heterocycles. The summed E-state index contributed by atoms with van der Waals surface area (Å²) < 4.78 is 25.0. The van der Waals surface area contributed by atoms with Gasteiger partial charge in [0.2, 0.25) is 10.0 Å². The van der Waals surface area contributed by atoms with E-state index in [1.807, 2.05) is 6.92 Å². The van der Waals surface area contributed by atoms with E-state index in [4.69, 9.17) is 5.11 Å². The average Bonchev–Trinajstić information content (AvgIpc) is 2.15. The van der Waals surface area contributed by atoms with Crippen molar-refractivity contribution in [2.45, 2.75) is 19.8 Å². The van der Waals surface area contributed by atoms with Gasteiger partial charge in [0.25, 0.3) is 0 Å². The molecule has 1 heterocycles. The zero-order valence-corrected chi connectivity index (χ0v) is 10.1. The molecule has 0 aliphatic carbocycles. The highest BCUT2D eigenvalue weighted by Crippen LogP contribution is 2.24. The van der Waals surface area contributed by atoms with Crippen molar-refractivity contribution < 1.29 is 18.3 Å². The molecule has 1 aliphatic heterocycles. The first kappa shape index (κ1) is 13.4. The Bertz CT molecular complexity index is 347. The molecule has 1 fully saturated rings. The summed E-state index contributed by atoms with van der Waals surface area (Å²) in [6, 6.07) is 0. The van der Waals surface area contributed by atoms with Crippen LogP contribution in [0.2, 0.25) is 0 Å². The third-order valence-electron chi connectivity index (χ3n) is 2.72. The molecule has 6 nitrogen and oxygen atoms in total. The molecule has 3 N–H and O–H groups in total. The van der Waals surface area contributed by atoms with Crippen LogP contribution in [0.5, 0.6) is 0 Å². The van der Waals surface area contributed by atoms with E-state index in [9.17, 15) is 13.2 Å². The van der Waals surface area contributed by atoms with Crippen molar-refractivity contribution in [3.05, 3.63) is 0 Å². The van der Waals surface area contributed by atoms with Crippen LogP contribution in [0.4, 0.5) is 0 Å². The summed E-state index contributed by atoms with van der Waals surface area (Å²) >= 11 is 0. The van der Waals surface area contributed by atoms with Gasteiger partial charge in [-0.25, -0.2) is 13.1 Å². The minimum atomic E-state index is -3.70. The fourth-order valence-corrected chi connectivity index (χ4v) is 2.76. The van der Waals surface area contributed by atoms with Gasteiger partial charge in [-0.2, -0.15) is 0 Å². The fraction of sp³-hybridized carbons (Fsp3) is 0.889. The summed E-state index contributed by atoms with van der Waals surface area (Å²) in [5.74, 6) is -2.20. The molecular formula is C9H18N2O4S. The lowest BCUT2D eigenvalue weighted by Gasteiger charge is -2.34. The van der Waals surface area contributed by atoms with Gasteiger partial charge in [0.1, 0.15) is 0 Å². The van der Waals surface area contributed by atoms with Crippen molar-refractivity contribution in [2.75, 3.05) is 25.4 Å². The van der Waals surface area contributed by atoms with Gasteiger partial charge in [-0.15, -0.1) is 0 Å². The minimum Gasteiger partial charge on any atom is -0.480 e. The number of piperidine rings is 1. The minimum absolute atomic E-state index is 0.121. The number of sulfonamides is 1. The molecule has 1 aliphatic rings. The van der Waals surface area contributed by atoms with E-state index in [0.29, 0.717) is 0 Å². The molecule has 0 spiro atoms. The molecule has 16 heavy (non-hydrogen) atoms. The van der Waals surface area contributed by atoms with E-state index in [1.54, 1.807) is 0 Å². The predicted molar refractivity (Wildman–Crippen MR) is 59.6 cm³/mol. The summed E-state index contributed by atoms with van der Waals surface area (Å²) in [6.07, 6.45) is 1.95. The van der Waals surface area contributed by atoms with Gasteiger partial charge in [-0.05, 0) is 24.8 Å². The van der Waals surface area contributed by atoms with Crippen LogP contribution in [0, 0.1) is 5.41 Å². The van der Waals surface area contributed by atoms with E-state index < -0.39 is 21.7 Å². The highest BCUT2D eigenvalue weighted by molar-refractivity contribution is 7.90. The Morgan fingerprint density at radius 2 is 2.25 bits per heavy atom. The standard InChI is InChI=1S/C9H18N2O4S/c1-9(3-2-4-10-6-9)7-11-16(14,15)5-8(12)13/h10-11H,2-7H2,1H3,(H,12,13). The molecule has 0 saturated carbocycles. The van der Waals surface area contributed by atoms with Gasteiger partial charge in [-0.1, -0.05) is 6.92 Å². The topological polar surface area (TPSA) is 95.5 Å². The molecule has 7 heteroatoms. The summed E-state index contributed by atoms with van der Waals surface area (Å²) in [4.78, 5) is 10.3. The number of carboxylic acid groups (broad SMARTS) is 1. The number of carbonyl (C=O) groups is 1. The van der Waals surface area contributed by atoms with Gasteiger partial charge in [0, 0.05) is 13.1 Å². The molecule has 1 rings (SSSR count). The predicted octanol–water partition coefficient (Wildman–Crippen LogP) is -0.620. The van der Waals surface area contributed by atoms with E-state index in [0.717, 1.165) is 25.9 Å². The van der Waals surface area contributed by atoms with Crippen LogP contribution in [0.15, 0.2) is 0 Å². The maximum absolute atomic E-state index is 11.3. The second kappa shape index (κ2) is 5.11. The zero-order chi connectivity index (χ0) is 12.2. The number of nitrogens with one attached hydrogen (secondary N) is 2. The number of hydrogen-bond donors (Lipinski definition) is 3. The average molecular weight is 250 g/mol. The third kappa shape index (κ3) is 4.46. The monoisotopic (exact) mass is 250 g/mol. The van der Waals surface area contributed by atoms with Gasteiger partial charge in [0.15, 0.2) is 5.75 Å². The SMILES string of the molecule is CC1(CNS(=O)(=O)CC(=O)O)CCCNC1. The number of carboxylic acids is 1. The number of aliphatic carboxylic acids is 1. The maximum Gasteiger partial charge on any atom is 0.320 e. The van der Waals surface area contributed by atoms with Gasteiger partial charge in [0.05, 0.1) is 0 Å². The van der Waals surface area contributed by atoms with Crippen molar-refractivity contribution in [1.29, 1.82) is 0 Å². The molecule has 94 valence electrons. The van der Waals surface area contributed by atoms with Crippen LogP contribution in [0.25, 0.3) is 0 Å². The first-order chi connectivity index (χ1) is 7.33. The van der Waals surface area contributed by atoms with Gasteiger partial charge < -0.3 is 10.4 Å². The molecule has 0 aromatic rings. The van der Waals surface area contributed by atoms with Crippen molar-refractivity contribution in [1.82, 2.24) is 10.0 Å². The fourth-order valence-electron chi connectivity index (χ4n) is 1.77. The van der Waals surface area contributed by atoms with Crippen LogP contribution < -0.4 is 10.0 Å². The van der Waals surface area contributed by atoms with E-state index in [2.05, 4.69) is 10.0 Å².